The predicted octanol–water partition coefficient (Wildman–Crippen LogP) is 19.0. The number of esters is 1. The highest BCUT2D eigenvalue weighted by atomic mass is 16.5. The van der Waals surface area contributed by atoms with Crippen LogP contribution in [0, 0.1) is 0 Å². The van der Waals surface area contributed by atoms with E-state index >= 15 is 0 Å². The number of carbonyl (C=O) groups excluding carboxylic acids is 2. The molecule has 0 rings (SSSR count). The van der Waals surface area contributed by atoms with Gasteiger partial charge in [-0.25, -0.2) is 0 Å². The van der Waals surface area contributed by atoms with E-state index in [0.717, 1.165) is 44.9 Å². The summed E-state index contributed by atoms with van der Waals surface area (Å²) in [6.45, 7) is 4.95. The SMILES string of the molecule is CCCCCC/C=C\CCCCCCCC(=O)OCCCCCCCCCCCCC/C=C\CCCCCCCCCC(=O)NC(CO)C(O)CCCCCCCCCCCCCCCCCC. The molecule has 2 atom stereocenters. The molecule has 3 N–H and O–H groups in total. The number of hydrogen-bond acceptors (Lipinski definition) is 5. The normalized spacial score (nSPS) is 12.7. The van der Waals surface area contributed by atoms with Crippen molar-refractivity contribution < 1.29 is 24.5 Å². The smallest absolute Gasteiger partial charge is 0.305 e. The van der Waals surface area contributed by atoms with Crippen LogP contribution in [0.1, 0.15) is 335 Å². The molecule has 402 valence electrons. The Morgan fingerprint density at radius 1 is 0.397 bits per heavy atom. The zero-order valence-corrected chi connectivity index (χ0v) is 45.9. The Bertz CT molecular complexity index is 1060. The summed E-state index contributed by atoms with van der Waals surface area (Å²) < 4.78 is 5.47. The van der Waals surface area contributed by atoms with Gasteiger partial charge < -0.3 is 20.3 Å². The van der Waals surface area contributed by atoms with Gasteiger partial charge in [0.15, 0.2) is 0 Å². The maximum Gasteiger partial charge on any atom is 0.305 e. The highest BCUT2D eigenvalue weighted by Gasteiger charge is 2.20. The summed E-state index contributed by atoms with van der Waals surface area (Å²) in [6.07, 6.45) is 70.4. The lowest BCUT2D eigenvalue weighted by Crippen LogP contribution is -2.45. The third-order valence-electron chi connectivity index (χ3n) is 14.2. The maximum absolute atomic E-state index is 12.5. The molecule has 0 radical (unpaired) electrons. The fourth-order valence-electron chi connectivity index (χ4n) is 9.51. The minimum atomic E-state index is -0.668. The average Bonchev–Trinajstić information content (AvgIpc) is 3.34. The fourth-order valence-corrected chi connectivity index (χ4v) is 9.51. The molecule has 0 aliphatic rings. The first kappa shape index (κ1) is 66.3. The largest absolute Gasteiger partial charge is 0.466 e. The van der Waals surface area contributed by atoms with Crippen molar-refractivity contribution in [1.82, 2.24) is 5.32 Å². The van der Waals surface area contributed by atoms with Crippen molar-refractivity contribution in [3.63, 3.8) is 0 Å². The third kappa shape index (κ3) is 53.7. The minimum Gasteiger partial charge on any atom is -0.466 e. The summed E-state index contributed by atoms with van der Waals surface area (Å²) in [4.78, 5) is 24.5. The highest BCUT2D eigenvalue weighted by molar-refractivity contribution is 5.76. The van der Waals surface area contributed by atoms with Crippen molar-refractivity contribution in [3.8, 4) is 0 Å². The van der Waals surface area contributed by atoms with Crippen LogP contribution in [-0.4, -0.2) is 47.4 Å². The van der Waals surface area contributed by atoms with Gasteiger partial charge >= 0.3 is 5.97 Å². The van der Waals surface area contributed by atoms with Crippen LogP contribution in [0.3, 0.4) is 0 Å². The number of aliphatic hydroxyl groups excluding tert-OH is 2. The lowest BCUT2D eigenvalue weighted by Gasteiger charge is -2.22. The molecule has 2 unspecified atom stereocenters. The molecule has 0 saturated carbocycles. The summed E-state index contributed by atoms with van der Waals surface area (Å²) >= 11 is 0. The molecule has 0 aromatic carbocycles. The molecular formula is C62H119NO5. The van der Waals surface area contributed by atoms with Crippen LogP contribution in [0.15, 0.2) is 24.3 Å². The maximum atomic E-state index is 12.5. The van der Waals surface area contributed by atoms with E-state index in [1.807, 2.05) is 0 Å². The van der Waals surface area contributed by atoms with Crippen molar-refractivity contribution in [2.45, 2.75) is 347 Å². The molecule has 0 bridgehead atoms. The summed E-state index contributed by atoms with van der Waals surface area (Å²) in [5.74, 6) is -0.0390. The Balaban J connectivity index is 3.42. The molecule has 0 aliphatic heterocycles. The van der Waals surface area contributed by atoms with Crippen LogP contribution in [0.25, 0.3) is 0 Å². The second-order valence-electron chi connectivity index (χ2n) is 21.0. The van der Waals surface area contributed by atoms with Crippen molar-refractivity contribution in [2.75, 3.05) is 13.2 Å². The van der Waals surface area contributed by atoms with Gasteiger partial charge in [0.2, 0.25) is 5.91 Å². The summed E-state index contributed by atoms with van der Waals surface area (Å²) in [5.41, 5.74) is 0. The topological polar surface area (TPSA) is 95.9 Å². The number of aliphatic hydroxyl groups is 2. The molecule has 68 heavy (non-hydrogen) atoms. The van der Waals surface area contributed by atoms with E-state index in [9.17, 15) is 19.8 Å². The van der Waals surface area contributed by atoms with Gasteiger partial charge in [-0.05, 0) is 77.0 Å². The lowest BCUT2D eigenvalue weighted by atomic mass is 10.0. The van der Waals surface area contributed by atoms with Gasteiger partial charge in [-0.15, -0.1) is 0 Å². The quantitative estimate of drug-likeness (QED) is 0.0321. The van der Waals surface area contributed by atoms with Crippen molar-refractivity contribution in [3.05, 3.63) is 24.3 Å². The molecule has 0 heterocycles. The van der Waals surface area contributed by atoms with Crippen LogP contribution in [0.2, 0.25) is 0 Å². The van der Waals surface area contributed by atoms with Crippen molar-refractivity contribution in [2.24, 2.45) is 0 Å². The van der Waals surface area contributed by atoms with Gasteiger partial charge in [-0.3, -0.25) is 9.59 Å². The van der Waals surface area contributed by atoms with E-state index < -0.39 is 12.1 Å². The monoisotopic (exact) mass is 958 g/mol. The third-order valence-corrected chi connectivity index (χ3v) is 14.2. The molecule has 6 heteroatoms. The molecule has 0 aliphatic carbocycles. The van der Waals surface area contributed by atoms with Gasteiger partial charge in [0.25, 0.3) is 0 Å². The highest BCUT2D eigenvalue weighted by Crippen LogP contribution is 2.17. The van der Waals surface area contributed by atoms with Gasteiger partial charge in [0.05, 0.1) is 25.4 Å². The zero-order valence-electron chi connectivity index (χ0n) is 45.9. The molecule has 0 spiro atoms. The molecule has 0 saturated heterocycles. The number of rotatable bonds is 57. The molecule has 1 amide bonds. The lowest BCUT2D eigenvalue weighted by molar-refractivity contribution is -0.143. The first-order chi connectivity index (χ1) is 33.5. The zero-order chi connectivity index (χ0) is 49.3. The molecular weight excluding hydrogens is 839 g/mol. The van der Waals surface area contributed by atoms with Crippen molar-refractivity contribution >= 4 is 11.9 Å². The van der Waals surface area contributed by atoms with E-state index in [1.165, 1.54) is 257 Å². The standard InChI is InChI=1S/C62H119NO5/c1-3-5-7-9-11-13-15-17-18-27-31-34-38-42-46-50-54-60(65)59(58-64)63-61(66)55-51-47-43-39-35-32-28-25-23-21-19-20-22-24-26-29-33-37-41-45-49-53-57-68-62(67)56-52-48-44-40-36-30-16-14-12-10-8-6-4-2/h14,16,21,23,59-60,64-65H,3-13,15,17-20,22,24-58H2,1-2H3,(H,63,66)/b16-14-,23-21-. The Labute approximate surface area is 424 Å². The molecule has 0 aromatic heterocycles. The second-order valence-corrected chi connectivity index (χ2v) is 21.0. The number of carbonyl (C=O) groups is 2. The number of nitrogens with one attached hydrogen (secondary N) is 1. The average molecular weight is 959 g/mol. The second kappa shape index (κ2) is 57.9. The van der Waals surface area contributed by atoms with Crippen molar-refractivity contribution in [1.29, 1.82) is 0 Å². The minimum absolute atomic E-state index is 0.000994. The predicted molar refractivity (Wildman–Crippen MR) is 296 cm³/mol. The number of ether oxygens (including phenoxy) is 1. The Morgan fingerprint density at radius 2 is 0.691 bits per heavy atom. The van der Waals surface area contributed by atoms with Gasteiger partial charge in [-0.2, -0.15) is 0 Å². The first-order valence-electron chi connectivity index (χ1n) is 30.6. The van der Waals surface area contributed by atoms with E-state index in [2.05, 4.69) is 43.5 Å². The van der Waals surface area contributed by atoms with Crippen LogP contribution >= 0.6 is 0 Å². The summed E-state index contributed by atoms with van der Waals surface area (Å²) in [7, 11) is 0. The van der Waals surface area contributed by atoms with Gasteiger partial charge in [0, 0.05) is 12.8 Å². The van der Waals surface area contributed by atoms with Crippen LogP contribution in [0.4, 0.5) is 0 Å². The van der Waals surface area contributed by atoms with Gasteiger partial charge in [0.1, 0.15) is 0 Å². The number of allylic oxidation sites excluding steroid dienone is 4. The number of hydrogen-bond donors (Lipinski definition) is 3. The van der Waals surface area contributed by atoms with Gasteiger partial charge in [-0.1, -0.05) is 269 Å². The van der Waals surface area contributed by atoms with Crippen LogP contribution in [-0.2, 0) is 14.3 Å². The fraction of sp³-hybridized carbons (Fsp3) is 0.903. The van der Waals surface area contributed by atoms with Crippen LogP contribution < -0.4 is 5.32 Å². The Hall–Kier alpha value is -1.66. The number of amides is 1. The van der Waals surface area contributed by atoms with E-state index in [-0.39, 0.29) is 18.5 Å². The Kier molecular flexibility index (Phi) is 56.5. The van der Waals surface area contributed by atoms with E-state index in [0.29, 0.717) is 25.9 Å². The summed E-state index contributed by atoms with van der Waals surface area (Å²) in [6, 6.07) is -0.546. The molecule has 0 fully saturated rings. The van der Waals surface area contributed by atoms with E-state index in [4.69, 9.17) is 4.74 Å². The first-order valence-corrected chi connectivity index (χ1v) is 30.6. The summed E-state index contributed by atoms with van der Waals surface area (Å²) in [5, 5.41) is 23.3. The number of unbranched alkanes of at least 4 members (excludes halogenated alkanes) is 42. The molecule has 0 aromatic rings. The molecule has 6 nitrogen and oxygen atoms in total. The van der Waals surface area contributed by atoms with E-state index in [1.54, 1.807) is 0 Å². The Morgan fingerprint density at radius 3 is 1.06 bits per heavy atom. The van der Waals surface area contributed by atoms with Crippen LogP contribution in [0.5, 0.6) is 0 Å².